The van der Waals surface area contributed by atoms with Crippen molar-refractivity contribution < 1.29 is 14.2 Å². The first-order valence-corrected chi connectivity index (χ1v) is 6.35. The largest absolute Gasteiger partial charge is 0.493 e. The Hall–Kier alpha value is -2.81. The van der Waals surface area contributed by atoms with Crippen LogP contribution in [0.4, 0.5) is 0 Å². The normalized spacial score (nSPS) is 9.81. The molecule has 0 unspecified atom stereocenters. The molecule has 0 radical (unpaired) electrons. The third-order valence-electron chi connectivity index (χ3n) is 2.81. The van der Waals surface area contributed by atoms with Crippen LogP contribution in [0.15, 0.2) is 24.4 Å². The van der Waals surface area contributed by atoms with E-state index in [1.165, 1.54) is 0 Å². The summed E-state index contributed by atoms with van der Waals surface area (Å²) in [6.07, 6.45) is 1.56. The zero-order valence-electron chi connectivity index (χ0n) is 12.1. The molecule has 2 aromatic rings. The average Bonchev–Trinajstić information content (AvgIpc) is 2.54. The molecule has 0 N–H and O–H groups in total. The monoisotopic (exact) mass is 285 g/mol. The van der Waals surface area contributed by atoms with E-state index in [1.54, 1.807) is 32.5 Å². The molecule has 0 saturated carbocycles. The number of hydrogen-bond donors (Lipinski definition) is 0. The molecule has 108 valence electrons. The topological polar surface area (TPSA) is 77.3 Å². The van der Waals surface area contributed by atoms with Gasteiger partial charge in [-0.15, -0.1) is 0 Å². The van der Waals surface area contributed by atoms with Crippen molar-refractivity contribution in [2.24, 2.45) is 0 Å². The second kappa shape index (κ2) is 6.57. The minimum Gasteiger partial charge on any atom is -0.493 e. The fourth-order valence-corrected chi connectivity index (χ4v) is 1.83. The van der Waals surface area contributed by atoms with Crippen LogP contribution in [0, 0.1) is 11.3 Å². The van der Waals surface area contributed by atoms with E-state index in [9.17, 15) is 0 Å². The highest BCUT2D eigenvalue weighted by molar-refractivity contribution is 5.64. The zero-order valence-corrected chi connectivity index (χ0v) is 12.1. The molecule has 1 aromatic heterocycles. The maximum Gasteiger partial charge on any atom is 0.251 e. The molecule has 0 spiro atoms. The number of nitriles is 1. The summed E-state index contributed by atoms with van der Waals surface area (Å²) >= 11 is 0. The fourth-order valence-electron chi connectivity index (χ4n) is 1.83. The highest BCUT2D eigenvalue weighted by atomic mass is 16.5. The summed E-state index contributed by atoms with van der Waals surface area (Å²) in [5, 5.41) is 9.12. The van der Waals surface area contributed by atoms with Crippen molar-refractivity contribution in [3.05, 3.63) is 30.1 Å². The maximum absolute atomic E-state index is 9.12. The number of nitrogens with zero attached hydrogens (tertiary/aromatic N) is 3. The lowest BCUT2D eigenvalue weighted by Crippen LogP contribution is -2.00. The molecule has 0 amide bonds. The molecule has 6 heteroatoms. The summed E-state index contributed by atoms with van der Waals surface area (Å²) in [5.41, 5.74) is 1.50. The van der Waals surface area contributed by atoms with Gasteiger partial charge in [0.25, 0.3) is 5.88 Å². The minimum absolute atomic E-state index is 0.157. The van der Waals surface area contributed by atoms with E-state index in [0.717, 1.165) is 5.56 Å². The predicted molar refractivity (Wildman–Crippen MR) is 76.5 cm³/mol. The first-order chi connectivity index (χ1) is 10.2. The first-order valence-electron chi connectivity index (χ1n) is 6.35. The second-order valence-electron chi connectivity index (χ2n) is 4.02. The number of benzene rings is 1. The molecule has 0 aliphatic rings. The predicted octanol–water partition coefficient (Wildman–Crippen LogP) is 2.43. The molecule has 0 bridgehead atoms. The standard InChI is InChI=1S/C15H15N3O3/c1-4-21-15-11(8-16)18-12(9-17-15)10-5-6-13(19-2)14(7-10)20-3/h5-7,9H,4H2,1-3H3. The third-order valence-corrected chi connectivity index (χ3v) is 2.81. The highest BCUT2D eigenvalue weighted by Gasteiger charge is 2.11. The number of methoxy groups -OCH3 is 2. The molecule has 0 fully saturated rings. The van der Waals surface area contributed by atoms with E-state index in [-0.39, 0.29) is 11.6 Å². The molecular weight excluding hydrogens is 270 g/mol. The van der Waals surface area contributed by atoms with E-state index in [1.807, 2.05) is 19.1 Å². The second-order valence-corrected chi connectivity index (χ2v) is 4.02. The van der Waals surface area contributed by atoms with E-state index in [2.05, 4.69) is 9.97 Å². The first kappa shape index (κ1) is 14.6. The maximum atomic E-state index is 9.12. The lowest BCUT2D eigenvalue weighted by molar-refractivity contribution is 0.324. The van der Waals surface area contributed by atoms with Gasteiger partial charge in [0.05, 0.1) is 32.7 Å². The zero-order chi connectivity index (χ0) is 15.2. The van der Waals surface area contributed by atoms with Gasteiger partial charge in [-0.25, -0.2) is 9.97 Å². The van der Waals surface area contributed by atoms with Gasteiger partial charge in [-0.1, -0.05) is 0 Å². The minimum atomic E-state index is 0.157. The Bertz CT molecular complexity index is 680. The molecule has 6 nitrogen and oxygen atoms in total. The van der Waals surface area contributed by atoms with Crippen molar-refractivity contribution in [3.8, 4) is 34.7 Å². The van der Waals surface area contributed by atoms with Crippen LogP contribution in [0.25, 0.3) is 11.3 Å². The van der Waals surface area contributed by atoms with Crippen molar-refractivity contribution in [2.45, 2.75) is 6.92 Å². The molecule has 2 rings (SSSR count). The summed E-state index contributed by atoms with van der Waals surface area (Å²) in [4.78, 5) is 8.40. The molecule has 0 saturated heterocycles. The summed E-state index contributed by atoms with van der Waals surface area (Å²) in [6.45, 7) is 2.25. The molecule has 0 aliphatic heterocycles. The van der Waals surface area contributed by atoms with Crippen LogP contribution in [0.1, 0.15) is 12.6 Å². The SMILES string of the molecule is CCOc1ncc(-c2ccc(OC)c(OC)c2)nc1C#N. The number of aromatic nitrogens is 2. The van der Waals surface area contributed by atoms with Gasteiger partial charge in [-0.3, -0.25) is 0 Å². The molecule has 1 heterocycles. The van der Waals surface area contributed by atoms with Gasteiger partial charge in [0.15, 0.2) is 11.5 Å². The third kappa shape index (κ3) is 3.03. The average molecular weight is 285 g/mol. The Morgan fingerprint density at radius 1 is 1.19 bits per heavy atom. The van der Waals surface area contributed by atoms with Crippen molar-refractivity contribution in [1.29, 1.82) is 5.26 Å². The Labute approximate surface area is 122 Å². The number of rotatable bonds is 5. The van der Waals surface area contributed by atoms with Crippen molar-refractivity contribution in [1.82, 2.24) is 9.97 Å². The van der Waals surface area contributed by atoms with Gasteiger partial charge < -0.3 is 14.2 Å². The van der Waals surface area contributed by atoms with Crippen molar-refractivity contribution in [2.75, 3.05) is 20.8 Å². The van der Waals surface area contributed by atoms with Gasteiger partial charge >= 0.3 is 0 Å². The van der Waals surface area contributed by atoms with E-state index >= 15 is 0 Å². The fraction of sp³-hybridized carbons (Fsp3) is 0.267. The molecular formula is C15H15N3O3. The lowest BCUT2D eigenvalue weighted by Gasteiger charge is -2.10. The van der Waals surface area contributed by atoms with Crippen LogP contribution in [-0.2, 0) is 0 Å². The van der Waals surface area contributed by atoms with Crippen LogP contribution in [0.5, 0.6) is 17.4 Å². The smallest absolute Gasteiger partial charge is 0.251 e. The van der Waals surface area contributed by atoms with E-state index in [4.69, 9.17) is 19.5 Å². The molecule has 0 atom stereocenters. The Morgan fingerprint density at radius 2 is 1.95 bits per heavy atom. The van der Waals surface area contributed by atoms with Crippen LogP contribution in [-0.4, -0.2) is 30.8 Å². The van der Waals surface area contributed by atoms with Gasteiger partial charge in [-0.2, -0.15) is 5.26 Å². The van der Waals surface area contributed by atoms with E-state index < -0.39 is 0 Å². The van der Waals surface area contributed by atoms with Crippen molar-refractivity contribution >= 4 is 0 Å². The summed E-state index contributed by atoms with van der Waals surface area (Å²) in [6, 6.07) is 7.37. The Balaban J connectivity index is 2.45. The van der Waals surface area contributed by atoms with Crippen LogP contribution in [0.3, 0.4) is 0 Å². The van der Waals surface area contributed by atoms with E-state index in [0.29, 0.717) is 23.8 Å². The molecule has 0 aliphatic carbocycles. The van der Waals surface area contributed by atoms with Crippen LogP contribution in [0.2, 0.25) is 0 Å². The Morgan fingerprint density at radius 3 is 2.57 bits per heavy atom. The van der Waals surface area contributed by atoms with Gasteiger partial charge in [0.2, 0.25) is 5.69 Å². The highest BCUT2D eigenvalue weighted by Crippen LogP contribution is 2.31. The van der Waals surface area contributed by atoms with Gasteiger partial charge in [0.1, 0.15) is 6.07 Å². The number of hydrogen-bond acceptors (Lipinski definition) is 6. The molecule has 21 heavy (non-hydrogen) atoms. The summed E-state index contributed by atoms with van der Waals surface area (Å²) in [7, 11) is 3.13. The van der Waals surface area contributed by atoms with Crippen molar-refractivity contribution in [3.63, 3.8) is 0 Å². The quantitative estimate of drug-likeness (QED) is 0.839. The molecule has 1 aromatic carbocycles. The summed E-state index contributed by atoms with van der Waals surface area (Å²) in [5.74, 6) is 1.45. The van der Waals surface area contributed by atoms with Gasteiger partial charge in [-0.05, 0) is 25.1 Å². The number of ether oxygens (including phenoxy) is 3. The lowest BCUT2D eigenvalue weighted by atomic mass is 10.1. The van der Waals surface area contributed by atoms with Crippen LogP contribution >= 0.6 is 0 Å². The summed E-state index contributed by atoms with van der Waals surface area (Å²) < 4.78 is 15.7. The van der Waals surface area contributed by atoms with Crippen LogP contribution < -0.4 is 14.2 Å². The van der Waals surface area contributed by atoms with Gasteiger partial charge in [0, 0.05) is 5.56 Å². The Kier molecular flexibility index (Phi) is 4.57.